The summed E-state index contributed by atoms with van der Waals surface area (Å²) in [5.74, 6) is -2.13. The molecular weight excluding hydrogens is 375 g/mol. The van der Waals surface area contributed by atoms with Gasteiger partial charge >= 0.3 is 5.97 Å². The molecular formula is C15H18ClFN2O5S. The number of halogens is 2. The summed E-state index contributed by atoms with van der Waals surface area (Å²) >= 11 is 5.79. The first-order valence-electron chi connectivity index (χ1n) is 7.53. The maximum Gasteiger partial charge on any atom is 0.309 e. The van der Waals surface area contributed by atoms with Crippen LogP contribution in [0.3, 0.4) is 0 Å². The second-order valence-electron chi connectivity index (χ2n) is 5.72. The number of benzene rings is 1. The van der Waals surface area contributed by atoms with Gasteiger partial charge in [-0.15, -0.1) is 0 Å². The number of nitrogens with zero attached hydrogens (tertiary/aromatic N) is 1. The summed E-state index contributed by atoms with van der Waals surface area (Å²) in [4.78, 5) is 23.8. The number of rotatable bonds is 5. The summed E-state index contributed by atoms with van der Waals surface area (Å²) in [5, 5.41) is 2.46. The molecule has 0 spiro atoms. The first-order valence-corrected chi connectivity index (χ1v) is 9.76. The standard InChI is InChI=1S/C15H18ClFN2O5S/c1-25(22,23)19-6-4-10(5-7-19)15(21)24-9-14(20)18-13-3-2-11(17)8-12(13)16/h2-3,8,10H,4-7,9H2,1H3,(H,18,20). The molecule has 0 aromatic heterocycles. The first kappa shape index (κ1) is 19.6. The number of hydrogen-bond acceptors (Lipinski definition) is 5. The van der Waals surface area contributed by atoms with Crippen LogP contribution in [0.5, 0.6) is 0 Å². The van der Waals surface area contributed by atoms with Crippen LogP contribution in [0.25, 0.3) is 0 Å². The summed E-state index contributed by atoms with van der Waals surface area (Å²) in [6, 6.07) is 3.50. The van der Waals surface area contributed by atoms with Gasteiger partial charge in [0.2, 0.25) is 10.0 Å². The molecule has 1 N–H and O–H groups in total. The molecule has 1 heterocycles. The van der Waals surface area contributed by atoms with Crippen LogP contribution in [-0.4, -0.2) is 50.6 Å². The largest absolute Gasteiger partial charge is 0.455 e. The molecule has 1 fully saturated rings. The first-order chi connectivity index (χ1) is 11.7. The highest BCUT2D eigenvalue weighted by molar-refractivity contribution is 7.88. The van der Waals surface area contributed by atoms with E-state index < -0.39 is 40.2 Å². The fraction of sp³-hybridized carbons (Fsp3) is 0.467. The SMILES string of the molecule is CS(=O)(=O)N1CCC(C(=O)OCC(=O)Nc2ccc(F)cc2Cl)CC1. The zero-order valence-electron chi connectivity index (χ0n) is 13.5. The third-order valence-electron chi connectivity index (χ3n) is 3.81. The molecule has 1 aromatic carbocycles. The van der Waals surface area contributed by atoms with Gasteiger partial charge in [0.25, 0.3) is 5.91 Å². The zero-order chi connectivity index (χ0) is 18.6. The van der Waals surface area contributed by atoms with Gasteiger partial charge in [0.1, 0.15) is 5.82 Å². The summed E-state index contributed by atoms with van der Waals surface area (Å²) < 4.78 is 42.1. The Morgan fingerprint density at radius 3 is 2.56 bits per heavy atom. The van der Waals surface area contributed by atoms with Gasteiger partial charge in [-0.2, -0.15) is 0 Å². The lowest BCUT2D eigenvalue weighted by atomic mass is 9.98. The summed E-state index contributed by atoms with van der Waals surface area (Å²) in [7, 11) is -3.26. The van der Waals surface area contributed by atoms with E-state index >= 15 is 0 Å². The van der Waals surface area contributed by atoms with Gasteiger partial charge in [-0.1, -0.05) is 11.6 Å². The predicted octanol–water partition coefficient (Wildman–Crippen LogP) is 1.63. The highest BCUT2D eigenvalue weighted by Crippen LogP contribution is 2.23. The molecule has 0 bridgehead atoms. The molecule has 10 heteroatoms. The van der Waals surface area contributed by atoms with Crippen LogP contribution in [0, 0.1) is 11.7 Å². The predicted molar refractivity (Wildman–Crippen MR) is 90.1 cm³/mol. The topological polar surface area (TPSA) is 92.8 Å². The number of sulfonamides is 1. The number of carbonyl (C=O) groups excluding carboxylic acids is 2. The maximum absolute atomic E-state index is 12.9. The Bertz CT molecular complexity index is 763. The van der Waals surface area contributed by atoms with Crippen molar-refractivity contribution in [2.75, 3.05) is 31.3 Å². The molecule has 138 valence electrons. The number of piperidine rings is 1. The molecule has 1 aromatic rings. The Labute approximate surface area is 150 Å². The molecule has 1 saturated heterocycles. The van der Waals surface area contributed by atoms with Gasteiger partial charge in [0.15, 0.2) is 6.61 Å². The van der Waals surface area contributed by atoms with Crippen molar-refractivity contribution in [1.82, 2.24) is 4.31 Å². The molecule has 1 amide bonds. The Hall–Kier alpha value is -1.71. The van der Waals surface area contributed by atoms with Gasteiger partial charge < -0.3 is 10.1 Å². The lowest BCUT2D eigenvalue weighted by molar-refractivity contribution is -0.152. The van der Waals surface area contributed by atoms with Crippen LogP contribution < -0.4 is 5.32 Å². The molecule has 1 aliphatic heterocycles. The molecule has 25 heavy (non-hydrogen) atoms. The van der Waals surface area contributed by atoms with E-state index in [0.29, 0.717) is 12.8 Å². The number of esters is 1. The molecule has 0 aliphatic carbocycles. The van der Waals surface area contributed by atoms with Gasteiger partial charge in [-0.25, -0.2) is 17.1 Å². The van der Waals surface area contributed by atoms with Crippen LogP contribution in [0.2, 0.25) is 5.02 Å². The van der Waals surface area contributed by atoms with Crippen LogP contribution in [0.1, 0.15) is 12.8 Å². The van der Waals surface area contributed by atoms with Crippen LogP contribution in [-0.2, 0) is 24.3 Å². The number of hydrogen-bond donors (Lipinski definition) is 1. The van der Waals surface area contributed by atoms with E-state index in [9.17, 15) is 22.4 Å². The van der Waals surface area contributed by atoms with Crippen molar-refractivity contribution in [3.63, 3.8) is 0 Å². The van der Waals surface area contributed by atoms with Crippen molar-refractivity contribution in [1.29, 1.82) is 0 Å². The average molecular weight is 393 g/mol. The minimum atomic E-state index is -3.26. The maximum atomic E-state index is 12.9. The number of ether oxygens (including phenoxy) is 1. The summed E-state index contributed by atoms with van der Waals surface area (Å²) in [6.45, 7) is -0.00913. The van der Waals surface area contributed by atoms with Gasteiger partial charge in [-0.3, -0.25) is 9.59 Å². The second kappa shape index (κ2) is 8.11. The number of anilines is 1. The molecule has 0 atom stereocenters. The third-order valence-corrected chi connectivity index (χ3v) is 5.42. The lowest BCUT2D eigenvalue weighted by Gasteiger charge is -2.28. The van der Waals surface area contributed by atoms with Gasteiger partial charge in [-0.05, 0) is 31.0 Å². The average Bonchev–Trinajstić information content (AvgIpc) is 2.54. The second-order valence-corrected chi connectivity index (χ2v) is 8.11. The Balaban J connectivity index is 1.79. The lowest BCUT2D eigenvalue weighted by Crippen LogP contribution is -2.40. The molecule has 1 aliphatic rings. The minimum absolute atomic E-state index is 0.0350. The monoisotopic (exact) mass is 392 g/mol. The zero-order valence-corrected chi connectivity index (χ0v) is 15.1. The van der Waals surface area contributed by atoms with Crippen LogP contribution in [0.15, 0.2) is 18.2 Å². The van der Waals surface area contributed by atoms with Gasteiger partial charge in [0, 0.05) is 13.1 Å². The van der Waals surface area contributed by atoms with Gasteiger partial charge in [0.05, 0.1) is 22.9 Å². The number of nitrogens with one attached hydrogen (secondary N) is 1. The smallest absolute Gasteiger partial charge is 0.309 e. The summed E-state index contributed by atoms with van der Waals surface area (Å²) in [5.41, 5.74) is 0.213. The van der Waals surface area contributed by atoms with Crippen molar-refractivity contribution in [3.05, 3.63) is 29.0 Å². The Kier molecular flexibility index (Phi) is 6.36. The van der Waals surface area contributed by atoms with Crippen molar-refractivity contribution >= 4 is 39.2 Å². The van der Waals surface area contributed by atoms with E-state index in [1.54, 1.807) is 0 Å². The third kappa shape index (κ3) is 5.65. The van der Waals surface area contributed by atoms with E-state index in [-0.39, 0.29) is 23.8 Å². The Morgan fingerprint density at radius 2 is 2.00 bits per heavy atom. The highest BCUT2D eigenvalue weighted by atomic mass is 35.5. The van der Waals surface area contributed by atoms with E-state index in [1.807, 2.05) is 0 Å². The quantitative estimate of drug-likeness (QED) is 0.769. The van der Waals surface area contributed by atoms with E-state index in [4.69, 9.17) is 16.3 Å². The van der Waals surface area contributed by atoms with E-state index in [2.05, 4.69) is 5.32 Å². The molecule has 0 saturated carbocycles. The van der Waals surface area contributed by atoms with Crippen molar-refractivity contribution < 1.29 is 27.1 Å². The number of amides is 1. The van der Waals surface area contributed by atoms with Crippen molar-refractivity contribution in [2.24, 2.45) is 5.92 Å². The fourth-order valence-corrected chi connectivity index (χ4v) is 3.54. The van der Waals surface area contributed by atoms with Crippen molar-refractivity contribution in [2.45, 2.75) is 12.8 Å². The van der Waals surface area contributed by atoms with E-state index in [1.165, 1.54) is 10.4 Å². The van der Waals surface area contributed by atoms with Crippen molar-refractivity contribution in [3.8, 4) is 0 Å². The van der Waals surface area contributed by atoms with Crippen LogP contribution in [0.4, 0.5) is 10.1 Å². The summed E-state index contributed by atoms with van der Waals surface area (Å²) in [6.07, 6.45) is 1.81. The molecule has 2 rings (SSSR count). The fourth-order valence-electron chi connectivity index (χ4n) is 2.45. The van der Waals surface area contributed by atoms with Crippen LogP contribution >= 0.6 is 11.6 Å². The number of carbonyl (C=O) groups is 2. The van der Waals surface area contributed by atoms with E-state index in [0.717, 1.165) is 18.4 Å². The molecule has 0 radical (unpaired) electrons. The normalized spacial score (nSPS) is 16.4. The minimum Gasteiger partial charge on any atom is -0.455 e. The molecule has 0 unspecified atom stereocenters. The molecule has 7 nitrogen and oxygen atoms in total. The Morgan fingerprint density at radius 1 is 1.36 bits per heavy atom. The highest BCUT2D eigenvalue weighted by Gasteiger charge is 2.30.